The largest absolute Gasteiger partial charge is 0.508 e. The third kappa shape index (κ3) is 3.10. The summed E-state index contributed by atoms with van der Waals surface area (Å²) >= 11 is 0. The summed E-state index contributed by atoms with van der Waals surface area (Å²) in [6, 6.07) is 0. The Kier molecular flexibility index (Phi) is 3.11. The zero-order valence-electron chi connectivity index (χ0n) is 4.52. The molecule has 0 saturated heterocycles. The fraction of sp³-hybridized carbons (Fsp3) is 0.333. The Morgan fingerprint density at radius 2 is 2.43 bits per heavy atom. The lowest BCUT2D eigenvalue weighted by atomic mass is 10.4. The average molecular weight is 98.1 g/mol. The fourth-order valence-electron chi connectivity index (χ4n) is 0.292. The van der Waals surface area contributed by atoms with Gasteiger partial charge in [0.2, 0.25) is 0 Å². The first-order valence-corrected chi connectivity index (χ1v) is 2.32. The van der Waals surface area contributed by atoms with Gasteiger partial charge in [-0.2, -0.15) is 0 Å². The molecule has 0 saturated carbocycles. The van der Waals surface area contributed by atoms with E-state index in [1.54, 1.807) is 6.08 Å². The molecule has 0 aromatic carbocycles. The van der Waals surface area contributed by atoms with Crippen molar-refractivity contribution in [1.82, 2.24) is 0 Å². The molecule has 1 nitrogen and oxygen atoms in total. The van der Waals surface area contributed by atoms with E-state index < -0.39 is 0 Å². The molecule has 0 fully saturated rings. The molecule has 1 heteroatoms. The molecule has 0 aromatic heterocycles. The van der Waals surface area contributed by atoms with Crippen LogP contribution in [0.1, 0.15) is 13.3 Å². The first kappa shape index (κ1) is 6.28. The lowest BCUT2D eigenvalue weighted by Crippen LogP contribution is -1.68. The van der Waals surface area contributed by atoms with Crippen LogP contribution in [0.4, 0.5) is 0 Å². The van der Waals surface area contributed by atoms with Gasteiger partial charge < -0.3 is 5.11 Å². The van der Waals surface area contributed by atoms with Crippen LogP contribution in [-0.2, 0) is 0 Å². The Hall–Kier alpha value is -0.720. The van der Waals surface area contributed by atoms with E-state index in [-0.39, 0.29) is 5.76 Å². The van der Waals surface area contributed by atoms with Crippen molar-refractivity contribution in [2.45, 2.75) is 13.3 Å². The van der Waals surface area contributed by atoms with Gasteiger partial charge in [-0.1, -0.05) is 13.5 Å². The first-order valence-electron chi connectivity index (χ1n) is 2.32. The van der Waals surface area contributed by atoms with Gasteiger partial charge in [-0.05, 0) is 18.6 Å². The molecule has 0 heterocycles. The molecule has 0 aliphatic rings. The number of aliphatic hydroxyl groups excluding tert-OH is 1. The summed E-state index contributed by atoms with van der Waals surface area (Å²) in [7, 11) is 0. The second-order valence-electron chi connectivity index (χ2n) is 1.24. The molecule has 0 spiro atoms. The second-order valence-corrected chi connectivity index (χ2v) is 1.24. The molecule has 0 rings (SSSR count). The molecule has 0 radical (unpaired) electrons. The monoisotopic (exact) mass is 98.1 g/mol. The molecule has 0 aliphatic heterocycles. The summed E-state index contributed by atoms with van der Waals surface area (Å²) in [5, 5.41) is 8.60. The van der Waals surface area contributed by atoms with Crippen LogP contribution in [-0.4, -0.2) is 5.11 Å². The van der Waals surface area contributed by atoms with Gasteiger partial charge >= 0.3 is 0 Å². The molecule has 0 atom stereocenters. The van der Waals surface area contributed by atoms with E-state index in [1.807, 2.05) is 6.92 Å². The van der Waals surface area contributed by atoms with Gasteiger partial charge in [0.25, 0.3) is 0 Å². The molecule has 0 aliphatic carbocycles. The molecule has 7 heavy (non-hydrogen) atoms. The maximum Gasteiger partial charge on any atom is 0.110 e. The highest BCUT2D eigenvalue weighted by atomic mass is 16.3. The van der Waals surface area contributed by atoms with E-state index in [9.17, 15) is 0 Å². The van der Waals surface area contributed by atoms with E-state index in [0.717, 1.165) is 6.42 Å². The van der Waals surface area contributed by atoms with Crippen molar-refractivity contribution in [3.8, 4) is 0 Å². The van der Waals surface area contributed by atoms with Crippen molar-refractivity contribution >= 4 is 0 Å². The van der Waals surface area contributed by atoms with Gasteiger partial charge in [0.15, 0.2) is 0 Å². The van der Waals surface area contributed by atoms with E-state index >= 15 is 0 Å². The highest BCUT2D eigenvalue weighted by Crippen LogP contribution is 1.89. The van der Waals surface area contributed by atoms with Crippen LogP contribution in [0.5, 0.6) is 0 Å². The minimum Gasteiger partial charge on any atom is -0.508 e. The van der Waals surface area contributed by atoms with E-state index in [0.29, 0.717) is 0 Å². The molecule has 0 aromatic rings. The Bertz CT molecular complexity index is 82.2. The molecular formula is C6H10O. The number of rotatable bonds is 2. The van der Waals surface area contributed by atoms with Crippen LogP contribution < -0.4 is 0 Å². The molecule has 0 bridgehead atoms. The maximum atomic E-state index is 8.60. The number of hydrogen-bond donors (Lipinski definition) is 1. The summed E-state index contributed by atoms with van der Waals surface area (Å²) in [5.41, 5.74) is 0. The van der Waals surface area contributed by atoms with Crippen molar-refractivity contribution in [3.05, 3.63) is 24.5 Å². The maximum absolute atomic E-state index is 8.60. The average Bonchev–Trinajstić information content (AvgIpc) is 1.68. The Morgan fingerprint density at radius 1 is 1.86 bits per heavy atom. The van der Waals surface area contributed by atoms with E-state index in [1.165, 1.54) is 6.08 Å². The predicted molar refractivity (Wildman–Crippen MR) is 31.2 cm³/mol. The Balaban J connectivity index is 3.49. The molecule has 1 N–H and O–H groups in total. The summed E-state index contributed by atoms with van der Waals surface area (Å²) in [5.74, 6) is 0.266. The Labute approximate surface area is 44.0 Å². The third-order valence-corrected chi connectivity index (χ3v) is 0.622. The number of hydrogen-bond acceptors (Lipinski definition) is 1. The molecule has 0 amide bonds. The topological polar surface area (TPSA) is 20.2 Å². The molecule has 0 unspecified atom stereocenters. The van der Waals surface area contributed by atoms with Crippen molar-refractivity contribution in [2.75, 3.05) is 0 Å². The van der Waals surface area contributed by atoms with Gasteiger partial charge in [-0.15, -0.1) is 0 Å². The predicted octanol–water partition coefficient (Wildman–Crippen LogP) is 2.02. The quantitative estimate of drug-likeness (QED) is 0.414. The van der Waals surface area contributed by atoms with Gasteiger partial charge in [0, 0.05) is 0 Å². The highest BCUT2D eigenvalue weighted by molar-refractivity contribution is 5.05. The van der Waals surface area contributed by atoms with Crippen LogP contribution in [0, 0.1) is 0 Å². The first-order chi connectivity index (χ1) is 3.31. The smallest absolute Gasteiger partial charge is 0.110 e. The number of allylic oxidation sites excluding steroid dienone is 2. The fourth-order valence-corrected chi connectivity index (χ4v) is 0.292. The van der Waals surface area contributed by atoms with Crippen LogP contribution in [0.25, 0.3) is 0 Å². The van der Waals surface area contributed by atoms with Gasteiger partial charge in [-0.25, -0.2) is 0 Å². The summed E-state index contributed by atoms with van der Waals surface area (Å²) in [6.07, 6.45) is 3.98. The van der Waals surface area contributed by atoms with Crippen molar-refractivity contribution < 1.29 is 5.11 Å². The lowest BCUT2D eigenvalue weighted by molar-refractivity contribution is 0.430. The van der Waals surface area contributed by atoms with Crippen molar-refractivity contribution in [2.24, 2.45) is 0 Å². The zero-order chi connectivity index (χ0) is 5.70. The SMILES string of the molecule is C=C/C(O)=C\CC. The lowest BCUT2D eigenvalue weighted by Gasteiger charge is -1.83. The molecule has 40 valence electrons. The summed E-state index contributed by atoms with van der Waals surface area (Å²) in [4.78, 5) is 0. The number of aliphatic hydroxyl groups is 1. The zero-order valence-corrected chi connectivity index (χ0v) is 4.52. The summed E-state index contributed by atoms with van der Waals surface area (Å²) in [6.45, 7) is 5.32. The normalized spacial score (nSPS) is 11.3. The van der Waals surface area contributed by atoms with Crippen LogP contribution in [0.2, 0.25) is 0 Å². The van der Waals surface area contributed by atoms with Crippen LogP contribution in [0.15, 0.2) is 24.5 Å². The Morgan fingerprint density at radius 3 is 2.57 bits per heavy atom. The van der Waals surface area contributed by atoms with Crippen molar-refractivity contribution in [3.63, 3.8) is 0 Å². The van der Waals surface area contributed by atoms with Crippen molar-refractivity contribution in [1.29, 1.82) is 0 Å². The van der Waals surface area contributed by atoms with Gasteiger partial charge in [-0.3, -0.25) is 0 Å². The van der Waals surface area contributed by atoms with Gasteiger partial charge in [0.1, 0.15) is 5.76 Å². The van der Waals surface area contributed by atoms with Crippen LogP contribution >= 0.6 is 0 Å². The second kappa shape index (κ2) is 3.47. The minimum absolute atomic E-state index is 0.266. The summed E-state index contributed by atoms with van der Waals surface area (Å²) < 4.78 is 0. The van der Waals surface area contributed by atoms with Crippen LogP contribution in [0.3, 0.4) is 0 Å². The third-order valence-electron chi connectivity index (χ3n) is 0.622. The van der Waals surface area contributed by atoms with E-state index in [4.69, 9.17) is 5.11 Å². The highest BCUT2D eigenvalue weighted by Gasteiger charge is 1.74. The molecular weight excluding hydrogens is 88.1 g/mol. The standard InChI is InChI=1S/C6H10O/c1-3-5-6(7)4-2/h4-5,7H,2-3H2,1H3/b6-5+. The van der Waals surface area contributed by atoms with E-state index in [2.05, 4.69) is 6.58 Å². The minimum atomic E-state index is 0.266. The van der Waals surface area contributed by atoms with Gasteiger partial charge in [0.05, 0.1) is 0 Å².